The molecule has 6 heteroatoms. The topological polar surface area (TPSA) is 68.2 Å². The average Bonchev–Trinajstić information content (AvgIpc) is 2.50. The number of amides is 1. The molecular formula is C15H27NO5. The van der Waals surface area contributed by atoms with Gasteiger partial charge in [-0.05, 0) is 20.8 Å². The van der Waals surface area contributed by atoms with Gasteiger partial charge in [-0.2, -0.15) is 0 Å². The van der Waals surface area contributed by atoms with Gasteiger partial charge in [0.15, 0.2) is 0 Å². The zero-order valence-corrected chi connectivity index (χ0v) is 13.5. The van der Waals surface area contributed by atoms with Crippen LogP contribution in [0.25, 0.3) is 0 Å². The van der Waals surface area contributed by atoms with Gasteiger partial charge in [0.25, 0.3) is 0 Å². The minimum Gasteiger partial charge on any atom is -0.443 e. The Morgan fingerprint density at radius 1 is 1.29 bits per heavy atom. The molecule has 1 rings (SSSR count). The van der Waals surface area contributed by atoms with Gasteiger partial charge in [-0.25, -0.2) is 4.79 Å². The number of nitrogens with zero attached hydrogens (tertiary/aromatic N) is 1. The van der Waals surface area contributed by atoms with Gasteiger partial charge in [0.05, 0.1) is 25.9 Å². The van der Waals surface area contributed by atoms with Crippen LogP contribution in [0.1, 0.15) is 20.8 Å². The molecule has 0 fully saturated rings. The fourth-order valence-corrected chi connectivity index (χ4v) is 2.29. The molecule has 1 aliphatic heterocycles. The first kappa shape index (κ1) is 17.9. The van der Waals surface area contributed by atoms with Crippen molar-refractivity contribution in [2.24, 2.45) is 11.8 Å². The molecule has 1 amide bonds. The number of hydrogen-bond donors (Lipinski definition) is 1. The fourth-order valence-electron chi connectivity index (χ4n) is 2.29. The molecule has 1 heterocycles. The lowest BCUT2D eigenvalue weighted by atomic mass is 9.89. The second kappa shape index (κ2) is 7.77. The maximum absolute atomic E-state index is 12.1. The van der Waals surface area contributed by atoms with E-state index in [1.165, 1.54) is 4.90 Å². The van der Waals surface area contributed by atoms with Gasteiger partial charge in [0.2, 0.25) is 0 Å². The lowest BCUT2D eigenvalue weighted by Crippen LogP contribution is -2.41. The molecule has 0 saturated heterocycles. The highest BCUT2D eigenvalue weighted by molar-refractivity contribution is 5.69. The van der Waals surface area contributed by atoms with Crippen molar-refractivity contribution >= 4 is 6.09 Å². The van der Waals surface area contributed by atoms with E-state index in [1.54, 1.807) is 20.4 Å². The summed E-state index contributed by atoms with van der Waals surface area (Å²) < 4.78 is 15.7. The lowest BCUT2D eigenvalue weighted by molar-refractivity contribution is -0.00726. The van der Waals surface area contributed by atoms with Crippen molar-refractivity contribution in [3.63, 3.8) is 0 Å². The van der Waals surface area contributed by atoms with Crippen LogP contribution >= 0.6 is 0 Å². The molecule has 0 aromatic carbocycles. The van der Waals surface area contributed by atoms with Crippen LogP contribution in [0.2, 0.25) is 0 Å². The summed E-state index contributed by atoms with van der Waals surface area (Å²) in [4.78, 5) is 13.5. The van der Waals surface area contributed by atoms with Crippen LogP contribution in [0.5, 0.6) is 0 Å². The summed E-state index contributed by atoms with van der Waals surface area (Å²) in [5.74, 6) is -0.143. The molecule has 0 unspecified atom stereocenters. The molecule has 122 valence electrons. The Bertz CT molecular complexity index is 364. The maximum Gasteiger partial charge on any atom is 0.414 e. The quantitative estimate of drug-likeness (QED) is 0.855. The van der Waals surface area contributed by atoms with Crippen LogP contribution in [0.3, 0.4) is 0 Å². The summed E-state index contributed by atoms with van der Waals surface area (Å²) in [6.45, 7) is 6.48. The SMILES string of the molecule is COC[C@@H]1[C@H](O)CN(C(=O)OC(C)(C)C)C=C[C@@H]1COC. The molecule has 0 radical (unpaired) electrons. The van der Waals surface area contributed by atoms with Crippen molar-refractivity contribution in [3.05, 3.63) is 12.3 Å². The predicted molar refractivity (Wildman–Crippen MR) is 78.8 cm³/mol. The van der Waals surface area contributed by atoms with Crippen molar-refractivity contribution in [1.82, 2.24) is 4.90 Å². The van der Waals surface area contributed by atoms with E-state index in [9.17, 15) is 9.90 Å². The number of aliphatic hydroxyl groups excluding tert-OH is 1. The third-order valence-corrected chi connectivity index (χ3v) is 3.29. The number of ether oxygens (including phenoxy) is 3. The third kappa shape index (κ3) is 5.65. The van der Waals surface area contributed by atoms with Gasteiger partial charge < -0.3 is 19.3 Å². The molecule has 6 nitrogen and oxygen atoms in total. The Balaban J connectivity index is 2.83. The highest BCUT2D eigenvalue weighted by atomic mass is 16.6. The predicted octanol–water partition coefficient (Wildman–Crippen LogP) is 1.64. The first-order valence-electron chi connectivity index (χ1n) is 7.12. The second-order valence-corrected chi connectivity index (χ2v) is 6.28. The van der Waals surface area contributed by atoms with Crippen molar-refractivity contribution in [1.29, 1.82) is 0 Å². The zero-order valence-electron chi connectivity index (χ0n) is 13.5. The number of carbonyl (C=O) groups excluding carboxylic acids is 1. The second-order valence-electron chi connectivity index (χ2n) is 6.28. The summed E-state index contributed by atoms with van der Waals surface area (Å²) in [6.07, 6.45) is 2.36. The van der Waals surface area contributed by atoms with E-state index in [-0.39, 0.29) is 18.4 Å². The zero-order chi connectivity index (χ0) is 16.0. The Morgan fingerprint density at radius 3 is 2.43 bits per heavy atom. The number of rotatable bonds is 4. The van der Waals surface area contributed by atoms with Gasteiger partial charge in [-0.15, -0.1) is 0 Å². The molecule has 0 aromatic heterocycles. The van der Waals surface area contributed by atoms with Crippen LogP contribution < -0.4 is 0 Å². The molecule has 1 N–H and O–H groups in total. The van der Waals surface area contributed by atoms with E-state index in [0.717, 1.165) is 0 Å². The summed E-state index contributed by atoms with van der Waals surface area (Å²) in [7, 11) is 3.21. The van der Waals surface area contributed by atoms with Crippen LogP contribution in [0.15, 0.2) is 12.3 Å². The third-order valence-electron chi connectivity index (χ3n) is 3.29. The molecule has 0 aromatic rings. The Morgan fingerprint density at radius 2 is 1.90 bits per heavy atom. The van der Waals surface area contributed by atoms with Crippen LogP contribution in [-0.2, 0) is 14.2 Å². The maximum atomic E-state index is 12.1. The molecular weight excluding hydrogens is 274 g/mol. The Hall–Kier alpha value is -1.11. The Kier molecular flexibility index (Phi) is 6.64. The summed E-state index contributed by atoms with van der Waals surface area (Å²) >= 11 is 0. The minimum absolute atomic E-state index is 0.0163. The molecule has 3 atom stereocenters. The van der Waals surface area contributed by atoms with Crippen LogP contribution in [-0.4, -0.2) is 61.8 Å². The monoisotopic (exact) mass is 301 g/mol. The van der Waals surface area contributed by atoms with Crippen molar-refractivity contribution in [2.75, 3.05) is 34.0 Å². The van der Waals surface area contributed by atoms with Crippen molar-refractivity contribution < 1.29 is 24.1 Å². The van der Waals surface area contributed by atoms with E-state index in [0.29, 0.717) is 13.2 Å². The normalized spacial score (nSPS) is 26.6. The number of hydrogen-bond acceptors (Lipinski definition) is 5. The standard InChI is InChI=1S/C15H27NO5/c1-15(2,3)21-14(18)16-7-6-11(9-19-4)12(10-20-5)13(17)8-16/h6-7,11-13,17H,8-10H2,1-5H3/t11-,12+,13-/m1/s1. The molecule has 21 heavy (non-hydrogen) atoms. The fraction of sp³-hybridized carbons (Fsp3) is 0.800. The highest BCUT2D eigenvalue weighted by Crippen LogP contribution is 2.24. The number of carbonyl (C=O) groups is 1. The molecule has 0 spiro atoms. The van der Waals surface area contributed by atoms with Gasteiger partial charge in [0.1, 0.15) is 5.60 Å². The van der Waals surface area contributed by atoms with E-state index < -0.39 is 17.8 Å². The molecule has 0 bridgehead atoms. The van der Waals surface area contributed by atoms with Crippen LogP contribution in [0.4, 0.5) is 4.79 Å². The van der Waals surface area contributed by atoms with Crippen molar-refractivity contribution in [2.45, 2.75) is 32.5 Å². The van der Waals surface area contributed by atoms with Gasteiger partial charge >= 0.3 is 6.09 Å². The number of aliphatic hydroxyl groups is 1. The van der Waals surface area contributed by atoms with Gasteiger partial charge in [-0.1, -0.05) is 6.08 Å². The van der Waals surface area contributed by atoms with E-state index in [1.807, 2.05) is 26.8 Å². The highest BCUT2D eigenvalue weighted by Gasteiger charge is 2.33. The lowest BCUT2D eigenvalue weighted by Gasteiger charge is -2.28. The van der Waals surface area contributed by atoms with Gasteiger partial charge in [0, 0.05) is 32.3 Å². The Labute approximate surface area is 126 Å². The molecule has 1 aliphatic rings. The molecule has 0 aliphatic carbocycles. The summed E-state index contributed by atoms with van der Waals surface area (Å²) in [5.41, 5.74) is -0.569. The van der Waals surface area contributed by atoms with E-state index in [4.69, 9.17) is 14.2 Å². The summed E-state index contributed by atoms with van der Waals surface area (Å²) in [6, 6.07) is 0. The van der Waals surface area contributed by atoms with Crippen molar-refractivity contribution in [3.8, 4) is 0 Å². The van der Waals surface area contributed by atoms with Crippen LogP contribution in [0, 0.1) is 11.8 Å². The van der Waals surface area contributed by atoms with Gasteiger partial charge in [-0.3, -0.25) is 4.90 Å². The first-order valence-corrected chi connectivity index (χ1v) is 7.12. The number of β-amino-alcohol motifs (C(OH)–C–C–N with tert-alkyl or cyclic N) is 1. The first-order chi connectivity index (χ1) is 9.78. The molecule has 0 saturated carbocycles. The van der Waals surface area contributed by atoms with E-state index in [2.05, 4.69) is 0 Å². The minimum atomic E-state index is -0.701. The van der Waals surface area contributed by atoms with E-state index >= 15 is 0 Å². The average molecular weight is 301 g/mol. The largest absolute Gasteiger partial charge is 0.443 e. The smallest absolute Gasteiger partial charge is 0.414 e. The number of methoxy groups -OCH3 is 2. The summed E-state index contributed by atoms with van der Waals surface area (Å²) in [5, 5.41) is 10.4.